The second kappa shape index (κ2) is 8.37. The number of rotatable bonds is 5. The van der Waals surface area contributed by atoms with Crippen molar-refractivity contribution >= 4 is 46.0 Å². The summed E-state index contributed by atoms with van der Waals surface area (Å²) in [6, 6.07) is 13.0. The predicted octanol–water partition coefficient (Wildman–Crippen LogP) is 4.06. The Hall–Kier alpha value is -2.63. The van der Waals surface area contributed by atoms with Crippen LogP contribution >= 0.6 is 23.2 Å². The minimum absolute atomic E-state index is 0.106. The van der Waals surface area contributed by atoms with E-state index in [9.17, 15) is 9.59 Å². The van der Waals surface area contributed by atoms with Gasteiger partial charge in [-0.25, -0.2) is 4.79 Å². The van der Waals surface area contributed by atoms with Crippen LogP contribution in [0.5, 0.6) is 0 Å². The average Bonchev–Trinajstić information content (AvgIpc) is 2.68. The van der Waals surface area contributed by atoms with Crippen LogP contribution in [0.4, 0.5) is 0 Å². The van der Waals surface area contributed by atoms with Gasteiger partial charge in [-0.15, -0.1) is 0 Å². The van der Waals surface area contributed by atoms with Gasteiger partial charge in [0.15, 0.2) is 0 Å². The van der Waals surface area contributed by atoms with Crippen LogP contribution in [0.25, 0.3) is 10.9 Å². The molecule has 0 aliphatic carbocycles. The number of halogens is 2. The molecule has 7 heteroatoms. The van der Waals surface area contributed by atoms with E-state index in [1.165, 1.54) is 7.11 Å². The zero-order chi connectivity index (χ0) is 19.4. The molecule has 0 spiro atoms. The molecule has 2 aromatic carbocycles. The van der Waals surface area contributed by atoms with Crippen molar-refractivity contribution in [3.63, 3.8) is 0 Å². The van der Waals surface area contributed by atoms with Gasteiger partial charge in [-0.1, -0.05) is 47.5 Å². The lowest BCUT2D eigenvalue weighted by atomic mass is 10.0. The first-order valence-electron chi connectivity index (χ1n) is 8.16. The van der Waals surface area contributed by atoms with Crippen LogP contribution in [0.1, 0.15) is 15.9 Å². The lowest BCUT2D eigenvalue weighted by molar-refractivity contribution is -0.142. The quantitative estimate of drug-likeness (QED) is 0.653. The molecule has 1 heterocycles. The van der Waals surface area contributed by atoms with Gasteiger partial charge in [0, 0.05) is 28.0 Å². The van der Waals surface area contributed by atoms with Crippen LogP contribution < -0.4 is 5.32 Å². The fourth-order valence-corrected chi connectivity index (χ4v) is 3.34. The van der Waals surface area contributed by atoms with Gasteiger partial charge in [-0.05, 0) is 29.8 Å². The third-order valence-electron chi connectivity index (χ3n) is 4.14. The molecule has 0 aliphatic heterocycles. The smallest absolute Gasteiger partial charge is 0.328 e. The highest BCUT2D eigenvalue weighted by molar-refractivity contribution is 6.36. The first-order valence-corrected chi connectivity index (χ1v) is 8.92. The Morgan fingerprint density at radius 3 is 2.44 bits per heavy atom. The van der Waals surface area contributed by atoms with Crippen LogP contribution in [-0.4, -0.2) is 30.0 Å². The Balaban J connectivity index is 1.90. The molecule has 0 fully saturated rings. The van der Waals surface area contributed by atoms with Gasteiger partial charge < -0.3 is 10.1 Å². The summed E-state index contributed by atoms with van der Waals surface area (Å²) in [6.45, 7) is 0. The molecule has 138 valence electrons. The second-order valence-corrected chi connectivity index (χ2v) is 6.65. The van der Waals surface area contributed by atoms with E-state index in [1.807, 2.05) is 12.1 Å². The zero-order valence-corrected chi connectivity index (χ0v) is 15.9. The van der Waals surface area contributed by atoms with E-state index in [2.05, 4.69) is 10.3 Å². The highest BCUT2D eigenvalue weighted by Crippen LogP contribution is 2.26. The second-order valence-electron chi connectivity index (χ2n) is 5.83. The lowest BCUT2D eigenvalue weighted by Gasteiger charge is -2.18. The number of nitrogens with one attached hydrogen (secondary N) is 1. The number of pyridine rings is 1. The number of aromatic nitrogens is 1. The van der Waals surface area contributed by atoms with Crippen LogP contribution in [-0.2, 0) is 16.0 Å². The summed E-state index contributed by atoms with van der Waals surface area (Å²) in [5.41, 5.74) is 1.48. The minimum atomic E-state index is -0.945. The topological polar surface area (TPSA) is 68.3 Å². The highest BCUT2D eigenvalue weighted by Gasteiger charge is 2.25. The maximum atomic E-state index is 12.8. The number of para-hydroxylation sites is 1. The van der Waals surface area contributed by atoms with Gasteiger partial charge in [-0.2, -0.15) is 0 Å². The zero-order valence-electron chi connectivity index (χ0n) is 14.4. The number of methoxy groups -OCH3 is 1. The number of benzene rings is 2. The average molecular weight is 403 g/mol. The number of carbonyl (C=O) groups is 2. The van der Waals surface area contributed by atoms with Crippen LogP contribution in [0.15, 0.2) is 54.7 Å². The summed E-state index contributed by atoms with van der Waals surface area (Å²) in [5, 5.41) is 4.36. The van der Waals surface area contributed by atoms with E-state index in [0.29, 0.717) is 26.7 Å². The number of hydrogen-bond donors (Lipinski definition) is 1. The number of fused-ring (bicyclic) bond motifs is 1. The van der Waals surface area contributed by atoms with Crippen molar-refractivity contribution in [3.05, 3.63) is 75.9 Å². The molecule has 0 radical (unpaired) electrons. The Bertz CT molecular complexity index is 982. The summed E-state index contributed by atoms with van der Waals surface area (Å²) in [4.78, 5) is 29.3. The SMILES string of the molecule is COC(=O)[C@H](Cc1c(Cl)cccc1Cl)NC(=O)c1cccc2cccnc12. The summed E-state index contributed by atoms with van der Waals surface area (Å²) in [7, 11) is 1.26. The molecular formula is C20H16Cl2N2O3. The number of amides is 1. The van der Waals surface area contributed by atoms with E-state index in [4.69, 9.17) is 27.9 Å². The third kappa shape index (κ3) is 4.21. The molecule has 3 aromatic rings. The molecule has 0 aliphatic rings. The first-order chi connectivity index (χ1) is 13.0. The summed E-state index contributed by atoms with van der Waals surface area (Å²) in [5.74, 6) is -1.02. The van der Waals surface area contributed by atoms with Gasteiger partial charge in [-0.3, -0.25) is 9.78 Å². The maximum Gasteiger partial charge on any atom is 0.328 e. The van der Waals surface area contributed by atoms with Crippen molar-refractivity contribution in [3.8, 4) is 0 Å². The van der Waals surface area contributed by atoms with Crippen molar-refractivity contribution in [2.75, 3.05) is 7.11 Å². The molecule has 0 saturated heterocycles. The maximum absolute atomic E-state index is 12.8. The molecule has 3 rings (SSSR count). The molecule has 27 heavy (non-hydrogen) atoms. The number of esters is 1. The summed E-state index contributed by atoms with van der Waals surface area (Å²) in [6.07, 6.45) is 1.72. The van der Waals surface area contributed by atoms with Gasteiger partial charge in [0.25, 0.3) is 5.91 Å². The fourth-order valence-electron chi connectivity index (χ4n) is 2.79. The standard InChI is InChI=1S/C20H16Cl2N2O3/c1-27-20(26)17(11-14-15(21)8-3-9-16(14)22)24-19(25)13-7-2-5-12-6-4-10-23-18(12)13/h2-10,17H,11H2,1H3,(H,24,25)/t17-/m0/s1. The molecular weight excluding hydrogens is 387 g/mol. The highest BCUT2D eigenvalue weighted by atomic mass is 35.5. The van der Waals surface area contributed by atoms with Gasteiger partial charge in [0.2, 0.25) is 0 Å². The van der Waals surface area contributed by atoms with E-state index < -0.39 is 17.9 Å². The number of carbonyl (C=O) groups excluding carboxylic acids is 2. The van der Waals surface area contributed by atoms with Gasteiger partial charge in [0.1, 0.15) is 6.04 Å². The predicted molar refractivity (Wildman–Crippen MR) is 105 cm³/mol. The monoisotopic (exact) mass is 402 g/mol. The van der Waals surface area contributed by atoms with Gasteiger partial charge >= 0.3 is 5.97 Å². The van der Waals surface area contributed by atoms with Crippen LogP contribution in [0.2, 0.25) is 10.0 Å². The van der Waals surface area contributed by atoms with Crippen LogP contribution in [0, 0.1) is 0 Å². The Morgan fingerprint density at radius 1 is 1.07 bits per heavy atom. The Kier molecular flexibility index (Phi) is 5.94. The van der Waals surface area contributed by atoms with E-state index in [1.54, 1.807) is 42.6 Å². The molecule has 0 bridgehead atoms. The van der Waals surface area contributed by atoms with Crippen molar-refractivity contribution in [1.29, 1.82) is 0 Å². The third-order valence-corrected chi connectivity index (χ3v) is 4.85. The molecule has 1 amide bonds. The van der Waals surface area contributed by atoms with Crippen molar-refractivity contribution in [2.24, 2.45) is 0 Å². The fraction of sp³-hybridized carbons (Fsp3) is 0.150. The van der Waals surface area contributed by atoms with Crippen LogP contribution in [0.3, 0.4) is 0 Å². The molecule has 0 saturated carbocycles. The molecule has 1 N–H and O–H groups in total. The summed E-state index contributed by atoms with van der Waals surface area (Å²) < 4.78 is 4.83. The minimum Gasteiger partial charge on any atom is -0.467 e. The van der Waals surface area contributed by atoms with Crippen molar-refractivity contribution < 1.29 is 14.3 Å². The van der Waals surface area contributed by atoms with Crippen molar-refractivity contribution in [1.82, 2.24) is 10.3 Å². The van der Waals surface area contributed by atoms with Crippen molar-refractivity contribution in [2.45, 2.75) is 12.5 Å². The van der Waals surface area contributed by atoms with E-state index in [0.717, 1.165) is 5.39 Å². The normalized spacial score (nSPS) is 11.8. The number of nitrogens with zero attached hydrogens (tertiary/aromatic N) is 1. The van der Waals surface area contributed by atoms with E-state index in [-0.39, 0.29) is 6.42 Å². The number of ether oxygens (including phenoxy) is 1. The lowest BCUT2D eigenvalue weighted by Crippen LogP contribution is -2.43. The Labute approximate surface area is 166 Å². The molecule has 1 atom stereocenters. The first kappa shape index (κ1) is 19.1. The van der Waals surface area contributed by atoms with E-state index >= 15 is 0 Å². The molecule has 0 unspecified atom stereocenters. The molecule has 1 aromatic heterocycles. The summed E-state index contributed by atoms with van der Waals surface area (Å²) >= 11 is 12.4. The Morgan fingerprint density at radius 2 is 1.74 bits per heavy atom. The number of hydrogen-bond acceptors (Lipinski definition) is 4. The molecule has 5 nitrogen and oxygen atoms in total. The van der Waals surface area contributed by atoms with Gasteiger partial charge in [0.05, 0.1) is 18.2 Å². The largest absolute Gasteiger partial charge is 0.467 e.